The van der Waals surface area contributed by atoms with Crippen molar-refractivity contribution in [2.75, 3.05) is 0 Å². The number of aryl methyl sites for hydroxylation is 1. The van der Waals surface area contributed by atoms with Gasteiger partial charge in [-0.15, -0.1) is 0 Å². The van der Waals surface area contributed by atoms with Crippen molar-refractivity contribution >= 4 is 10.0 Å². The van der Waals surface area contributed by atoms with Crippen molar-refractivity contribution in [3.8, 4) is 12.1 Å². The van der Waals surface area contributed by atoms with E-state index in [0.717, 1.165) is 0 Å². The van der Waals surface area contributed by atoms with Crippen LogP contribution in [0.5, 0.6) is 0 Å². The van der Waals surface area contributed by atoms with Gasteiger partial charge in [-0.1, -0.05) is 13.8 Å². The Morgan fingerprint density at radius 3 is 2.32 bits per heavy atom. The summed E-state index contributed by atoms with van der Waals surface area (Å²) in [6, 6.07) is 7.43. The van der Waals surface area contributed by atoms with E-state index in [4.69, 9.17) is 10.5 Å². The third kappa shape index (κ3) is 3.54. The van der Waals surface area contributed by atoms with Gasteiger partial charge in [-0.3, -0.25) is 0 Å². The molecule has 0 saturated heterocycles. The van der Waals surface area contributed by atoms with Crippen LogP contribution in [0.4, 0.5) is 0 Å². The maximum absolute atomic E-state index is 12.2. The summed E-state index contributed by atoms with van der Waals surface area (Å²) in [7, 11) is -3.75. The van der Waals surface area contributed by atoms with Gasteiger partial charge < -0.3 is 0 Å². The third-order valence-corrected chi connectivity index (χ3v) is 4.28. The minimum Gasteiger partial charge on any atom is -0.207 e. The first-order valence-electron chi connectivity index (χ1n) is 5.74. The van der Waals surface area contributed by atoms with Crippen LogP contribution in [0.25, 0.3) is 0 Å². The summed E-state index contributed by atoms with van der Waals surface area (Å²) in [6.45, 7) is 5.15. The molecule has 0 bridgehead atoms. The molecule has 6 heteroatoms. The Balaban J connectivity index is 3.16. The van der Waals surface area contributed by atoms with Gasteiger partial charge >= 0.3 is 0 Å². The van der Waals surface area contributed by atoms with E-state index >= 15 is 0 Å². The van der Waals surface area contributed by atoms with Gasteiger partial charge in [0.1, 0.15) is 6.04 Å². The molecule has 5 nitrogen and oxygen atoms in total. The van der Waals surface area contributed by atoms with Crippen LogP contribution in [-0.4, -0.2) is 14.5 Å². The Labute approximate surface area is 113 Å². The van der Waals surface area contributed by atoms with Crippen LogP contribution in [0.15, 0.2) is 23.1 Å². The summed E-state index contributed by atoms with van der Waals surface area (Å²) in [6.07, 6.45) is 0. The molecular weight excluding hydrogens is 262 g/mol. The average molecular weight is 277 g/mol. The van der Waals surface area contributed by atoms with Crippen molar-refractivity contribution in [3.63, 3.8) is 0 Å². The molecule has 0 saturated carbocycles. The smallest absolute Gasteiger partial charge is 0.207 e. The fraction of sp³-hybridized carbons (Fsp3) is 0.385. The zero-order chi connectivity index (χ0) is 14.6. The number of nitrogens with zero attached hydrogens (tertiary/aromatic N) is 2. The third-order valence-electron chi connectivity index (χ3n) is 2.68. The molecule has 0 aliphatic rings. The highest BCUT2D eigenvalue weighted by atomic mass is 32.2. The van der Waals surface area contributed by atoms with Gasteiger partial charge in [0, 0.05) is 0 Å². The van der Waals surface area contributed by atoms with Crippen LogP contribution in [0.1, 0.15) is 25.0 Å². The zero-order valence-corrected chi connectivity index (χ0v) is 11.8. The number of benzene rings is 1. The fourth-order valence-electron chi connectivity index (χ4n) is 1.56. The molecule has 0 heterocycles. The van der Waals surface area contributed by atoms with Gasteiger partial charge in [0.15, 0.2) is 0 Å². The average Bonchev–Trinajstić information content (AvgIpc) is 2.35. The number of hydrogen-bond donors (Lipinski definition) is 1. The number of rotatable bonds is 4. The molecule has 0 aromatic heterocycles. The van der Waals surface area contributed by atoms with Gasteiger partial charge in [0.2, 0.25) is 10.0 Å². The second-order valence-corrected chi connectivity index (χ2v) is 6.25. The second-order valence-electron chi connectivity index (χ2n) is 4.56. The van der Waals surface area contributed by atoms with Crippen molar-refractivity contribution in [3.05, 3.63) is 29.3 Å². The van der Waals surface area contributed by atoms with E-state index in [-0.39, 0.29) is 10.8 Å². The number of hydrogen-bond acceptors (Lipinski definition) is 4. The van der Waals surface area contributed by atoms with E-state index in [1.807, 2.05) is 12.1 Å². The lowest BCUT2D eigenvalue weighted by Gasteiger charge is -2.16. The summed E-state index contributed by atoms with van der Waals surface area (Å²) in [4.78, 5) is 0.0902. The molecular formula is C13H15N3O2S. The molecule has 0 radical (unpaired) electrons. The Bertz CT molecular complexity index is 651. The summed E-state index contributed by atoms with van der Waals surface area (Å²) in [5, 5.41) is 17.7. The molecule has 1 atom stereocenters. The lowest BCUT2D eigenvalue weighted by atomic mass is 10.1. The van der Waals surface area contributed by atoms with Gasteiger partial charge in [-0.05, 0) is 36.6 Å². The molecule has 1 aromatic rings. The molecule has 19 heavy (non-hydrogen) atoms. The van der Waals surface area contributed by atoms with E-state index in [1.165, 1.54) is 18.2 Å². The predicted molar refractivity (Wildman–Crippen MR) is 70.5 cm³/mol. The maximum atomic E-state index is 12.2. The minimum absolute atomic E-state index is 0.0902. The van der Waals surface area contributed by atoms with Crippen molar-refractivity contribution in [1.82, 2.24) is 4.72 Å². The topological polar surface area (TPSA) is 93.8 Å². The van der Waals surface area contributed by atoms with Gasteiger partial charge in [-0.2, -0.15) is 15.2 Å². The predicted octanol–water partition coefficient (Wildman–Crippen LogP) is 1.69. The summed E-state index contributed by atoms with van der Waals surface area (Å²) >= 11 is 0. The monoisotopic (exact) mass is 277 g/mol. The first-order chi connectivity index (χ1) is 8.81. The van der Waals surface area contributed by atoms with Crippen LogP contribution < -0.4 is 4.72 Å². The van der Waals surface area contributed by atoms with Crippen molar-refractivity contribution in [1.29, 1.82) is 10.5 Å². The highest BCUT2D eigenvalue weighted by molar-refractivity contribution is 7.89. The first kappa shape index (κ1) is 15.2. The normalized spacial score (nSPS) is 12.7. The zero-order valence-electron chi connectivity index (χ0n) is 11.0. The standard InChI is InChI=1S/C13H15N3O2S/c1-9(2)12(8-15)16-19(17,18)13-5-4-11(7-14)6-10(13)3/h4-6,9,12,16H,1-3H3. The molecule has 1 aromatic carbocycles. The molecule has 1 unspecified atom stereocenters. The molecule has 1 N–H and O–H groups in total. The van der Waals surface area contributed by atoms with Crippen LogP contribution in [0, 0.1) is 35.5 Å². The molecule has 0 aliphatic carbocycles. The van der Waals surface area contributed by atoms with E-state index in [0.29, 0.717) is 11.1 Å². The maximum Gasteiger partial charge on any atom is 0.241 e. The minimum atomic E-state index is -3.75. The van der Waals surface area contributed by atoms with E-state index in [2.05, 4.69) is 4.72 Å². The number of nitriles is 2. The van der Waals surface area contributed by atoms with Crippen LogP contribution >= 0.6 is 0 Å². The van der Waals surface area contributed by atoms with Crippen LogP contribution in [0.2, 0.25) is 0 Å². The molecule has 0 amide bonds. The van der Waals surface area contributed by atoms with Crippen molar-refractivity contribution in [2.24, 2.45) is 5.92 Å². The highest BCUT2D eigenvalue weighted by Gasteiger charge is 2.23. The summed E-state index contributed by atoms with van der Waals surface area (Å²) in [5.41, 5.74) is 0.879. The highest BCUT2D eigenvalue weighted by Crippen LogP contribution is 2.17. The lowest BCUT2D eigenvalue weighted by molar-refractivity contribution is 0.515. The van der Waals surface area contributed by atoms with E-state index in [9.17, 15) is 8.42 Å². The molecule has 0 spiro atoms. The Kier molecular flexibility index (Phi) is 4.66. The molecule has 0 aliphatic heterocycles. The second kappa shape index (κ2) is 5.83. The van der Waals surface area contributed by atoms with E-state index < -0.39 is 16.1 Å². The number of sulfonamides is 1. The fourth-order valence-corrected chi connectivity index (χ4v) is 3.08. The first-order valence-corrected chi connectivity index (χ1v) is 7.23. The Morgan fingerprint density at radius 1 is 1.26 bits per heavy atom. The SMILES string of the molecule is Cc1cc(C#N)ccc1S(=O)(=O)NC(C#N)C(C)C. The molecule has 0 fully saturated rings. The summed E-state index contributed by atoms with van der Waals surface area (Å²) in [5.74, 6) is -0.126. The number of nitrogens with one attached hydrogen (secondary N) is 1. The largest absolute Gasteiger partial charge is 0.241 e. The van der Waals surface area contributed by atoms with Crippen LogP contribution in [0.3, 0.4) is 0 Å². The summed E-state index contributed by atoms with van der Waals surface area (Å²) < 4.78 is 26.7. The molecule has 100 valence electrons. The Hall–Kier alpha value is -1.89. The van der Waals surface area contributed by atoms with Gasteiger partial charge in [0.05, 0.1) is 22.6 Å². The molecule has 1 rings (SSSR count). The van der Waals surface area contributed by atoms with Gasteiger partial charge in [0.25, 0.3) is 0 Å². The van der Waals surface area contributed by atoms with Crippen molar-refractivity contribution < 1.29 is 8.42 Å². The quantitative estimate of drug-likeness (QED) is 0.906. The van der Waals surface area contributed by atoms with Gasteiger partial charge in [-0.25, -0.2) is 8.42 Å². The Morgan fingerprint density at radius 2 is 1.89 bits per heavy atom. The van der Waals surface area contributed by atoms with E-state index in [1.54, 1.807) is 20.8 Å². The van der Waals surface area contributed by atoms with Crippen molar-refractivity contribution in [2.45, 2.75) is 31.7 Å². The lowest BCUT2D eigenvalue weighted by Crippen LogP contribution is -2.37. The van der Waals surface area contributed by atoms with Crippen LogP contribution in [-0.2, 0) is 10.0 Å².